The quantitative estimate of drug-likeness (QED) is 0.579. The van der Waals surface area contributed by atoms with Gasteiger partial charge in [-0.05, 0) is 59.4 Å². The Labute approximate surface area is 231 Å². The van der Waals surface area contributed by atoms with E-state index in [9.17, 15) is 0 Å². The lowest BCUT2D eigenvalue weighted by Gasteiger charge is -2.48. The second-order valence-corrected chi connectivity index (χ2v) is 10.1. The van der Waals surface area contributed by atoms with E-state index in [1.807, 2.05) is 0 Å². The highest BCUT2D eigenvalue weighted by Crippen LogP contribution is 2.49. The predicted molar refractivity (Wildman–Crippen MR) is 148 cm³/mol. The molecule has 1 saturated heterocycles. The molecule has 5 rings (SSSR count). The molecule has 0 aliphatic carbocycles. The third-order valence-corrected chi connectivity index (χ3v) is 8.14. The number of hydrogen-bond acceptors (Lipinski definition) is 9. The van der Waals surface area contributed by atoms with Gasteiger partial charge in [0, 0.05) is 26.2 Å². The number of hydrogen-bond donors (Lipinski definition) is 0. The van der Waals surface area contributed by atoms with Crippen LogP contribution in [0.3, 0.4) is 0 Å². The first-order valence-corrected chi connectivity index (χ1v) is 13.9. The number of nitrogens with zero attached hydrogens (tertiary/aromatic N) is 2. The lowest BCUT2D eigenvalue weighted by atomic mass is 9.80. The van der Waals surface area contributed by atoms with E-state index in [4.69, 9.17) is 33.2 Å². The van der Waals surface area contributed by atoms with Gasteiger partial charge in [-0.15, -0.1) is 0 Å². The normalized spacial score (nSPS) is 23.2. The zero-order chi connectivity index (χ0) is 27.2. The number of methoxy groups -OCH3 is 4. The van der Waals surface area contributed by atoms with Gasteiger partial charge in [0.2, 0.25) is 0 Å². The summed E-state index contributed by atoms with van der Waals surface area (Å²) in [5.41, 5.74) is 5.13. The standard InChI is InChI=1S/C30H42N2O7/c1-33-25-17-21-5-7-31-9-11-37-13-15-39-16-14-38-12-10-32-8-6-22-18-26(34-2)28(36-4)20-24(22)30(32)29(31)23(21)19-27(25)35-3/h17-20,29-30H,5-16H2,1-4H3/t29-,30-/m0/s1. The molecule has 0 N–H and O–H groups in total. The summed E-state index contributed by atoms with van der Waals surface area (Å²) in [6, 6.07) is 8.82. The van der Waals surface area contributed by atoms with E-state index in [1.165, 1.54) is 22.3 Å². The van der Waals surface area contributed by atoms with Crippen LogP contribution in [0.25, 0.3) is 0 Å². The van der Waals surface area contributed by atoms with Gasteiger partial charge >= 0.3 is 0 Å². The van der Waals surface area contributed by atoms with Gasteiger partial charge < -0.3 is 33.2 Å². The summed E-state index contributed by atoms with van der Waals surface area (Å²) < 4.78 is 40.6. The van der Waals surface area contributed by atoms with Gasteiger partial charge in [-0.25, -0.2) is 0 Å². The minimum absolute atomic E-state index is 0.0793. The lowest BCUT2D eigenvalue weighted by molar-refractivity contribution is 0.00986. The van der Waals surface area contributed by atoms with E-state index in [1.54, 1.807) is 28.4 Å². The minimum atomic E-state index is 0.0793. The third-order valence-electron chi connectivity index (χ3n) is 8.14. The molecule has 2 aromatic rings. The molecule has 2 aromatic carbocycles. The molecule has 9 heteroatoms. The molecule has 2 atom stereocenters. The predicted octanol–water partition coefficient (Wildman–Crippen LogP) is 3.28. The zero-order valence-electron chi connectivity index (χ0n) is 23.7. The van der Waals surface area contributed by atoms with Crippen LogP contribution in [0, 0.1) is 0 Å². The minimum Gasteiger partial charge on any atom is -0.493 e. The van der Waals surface area contributed by atoms with Crippen molar-refractivity contribution >= 4 is 0 Å². The molecular formula is C30H42N2O7. The molecule has 0 aromatic heterocycles. The van der Waals surface area contributed by atoms with Crippen molar-refractivity contribution in [2.24, 2.45) is 0 Å². The van der Waals surface area contributed by atoms with Gasteiger partial charge in [-0.1, -0.05) is 0 Å². The molecule has 9 nitrogen and oxygen atoms in total. The van der Waals surface area contributed by atoms with Crippen LogP contribution in [0.2, 0.25) is 0 Å². The van der Waals surface area contributed by atoms with E-state index in [0.29, 0.717) is 39.6 Å². The summed E-state index contributed by atoms with van der Waals surface area (Å²) in [4.78, 5) is 5.14. The molecule has 3 aliphatic heterocycles. The number of fused-ring (bicyclic) bond motifs is 7. The van der Waals surface area contributed by atoms with Gasteiger partial charge in [0.1, 0.15) is 0 Å². The second kappa shape index (κ2) is 13.2. The number of ether oxygens (including phenoxy) is 7. The Morgan fingerprint density at radius 2 is 0.872 bits per heavy atom. The second-order valence-electron chi connectivity index (χ2n) is 10.1. The maximum atomic E-state index is 6.00. The van der Waals surface area contributed by atoms with Crippen LogP contribution in [0.15, 0.2) is 24.3 Å². The highest BCUT2D eigenvalue weighted by atomic mass is 16.5. The maximum absolute atomic E-state index is 6.00. The Kier molecular flexibility index (Phi) is 9.47. The van der Waals surface area contributed by atoms with Crippen molar-refractivity contribution in [1.82, 2.24) is 9.80 Å². The smallest absolute Gasteiger partial charge is 0.161 e. The highest BCUT2D eigenvalue weighted by molar-refractivity contribution is 5.53. The van der Waals surface area contributed by atoms with E-state index < -0.39 is 0 Å². The first-order chi connectivity index (χ1) is 19.2. The zero-order valence-corrected chi connectivity index (χ0v) is 23.7. The van der Waals surface area contributed by atoms with Crippen molar-refractivity contribution in [3.63, 3.8) is 0 Å². The average molecular weight is 543 g/mol. The maximum Gasteiger partial charge on any atom is 0.161 e. The van der Waals surface area contributed by atoms with Gasteiger partial charge in [0.05, 0.1) is 80.2 Å². The van der Waals surface area contributed by atoms with Crippen LogP contribution < -0.4 is 18.9 Å². The van der Waals surface area contributed by atoms with Crippen LogP contribution in [0.4, 0.5) is 0 Å². The Hall–Kier alpha value is -2.56. The van der Waals surface area contributed by atoms with Crippen molar-refractivity contribution in [3.8, 4) is 23.0 Å². The molecule has 1 fully saturated rings. The van der Waals surface area contributed by atoms with Crippen molar-refractivity contribution < 1.29 is 33.2 Å². The molecule has 3 aliphatic rings. The summed E-state index contributed by atoms with van der Waals surface area (Å²) in [6.07, 6.45) is 1.87. The van der Waals surface area contributed by atoms with Gasteiger partial charge in [0.15, 0.2) is 23.0 Å². The van der Waals surface area contributed by atoms with Crippen molar-refractivity contribution in [3.05, 3.63) is 46.5 Å². The van der Waals surface area contributed by atoms with E-state index in [-0.39, 0.29) is 12.1 Å². The van der Waals surface area contributed by atoms with Crippen LogP contribution >= 0.6 is 0 Å². The van der Waals surface area contributed by atoms with Crippen LogP contribution in [-0.4, -0.2) is 104 Å². The molecule has 0 radical (unpaired) electrons. The summed E-state index contributed by atoms with van der Waals surface area (Å²) in [5.74, 6) is 3.04. The molecule has 0 saturated carbocycles. The van der Waals surface area contributed by atoms with Crippen LogP contribution in [-0.2, 0) is 27.1 Å². The highest BCUT2D eigenvalue weighted by Gasteiger charge is 2.41. The fourth-order valence-electron chi connectivity index (χ4n) is 6.20. The monoisotopic (exact) mass is 542 g/mol. The summed E-state index contributed by atoms with van der Waals surface area (Å²) in [6.45, 7) is 7.10. The van der Waals surface area contributed by atoms with Crippen molar-refractivity contribution in [1.29, 1.82) is 0 Å². The summed E-state index contributed by atoms with van der Waals surface area (Å²) in [5, 5.41) is 0. The molecule has 0 spiro atoms. The van der Waals surface area contributed by atoms with E-state index >= 15 is 0 Å². The molecule has 0 bridgehead atoms. The summed E-state index contributed by atoms with van der Waals surface area (Å²) in [7, 11) is 6.80. The Morgan fingerprint density at radius 3 is 1.26 bits per heavy atom. The van der Waals surface area contributed by atoms with Crippen molar-refractivity contribution in [2.75, 3.05) is 94.3 Å². The first-order valence-electron chi connectivity index (χ1n) is 13.9. The average Bonchev–Trinajstić information content (AvgIpc) is 2.98. The number of benzene rings is 2. The molecular weight excluding hydrogens is 500 g/mol. The Balaban J connectivity index is 1.64. The fourth-order valence-corrected chi connectivity index (χ4v) is 6.20. The van der Waals surface area contributed by atoms with Crippen molar-refractivity contribution in [2.45, 2.75) is 24.9 Å². The molecule has 0 unspecified atom stereocenters. The Morgan fingerprint density at radius 1 is 0.513 bits per heavy atom. The van der Waals surface area contributed by atoms with E-state index in [0.717, 1.165) is 62.0 Å². The fraction of sp³-hybridized carbons (Fsp3) is 0.600. The van der Waals surface area contributed by atoms with Gasteiger partial charge in [-0.2, -0.15) is 0 Å². The molecule has 0 amide bonds. The van der Waals surface area contributed by atoms with Gasteiger partial charge in [0.25, 0.3) is 0 Å². The molecule has 39 heavy (non-hydrogen) atoms. The van der Waals surface area contributed by atoms with E-state index in [2.05, 4.69) is 34.1 Å². The van der Waals surface area contributed by atoms with Crippen LogP contribution in [0.1, 0.15) is 34.3 Å². The topological polar surface area (TPSA) is 71.1 Å². The molecule has 214 valence electrons. The summed E-state index contributed by atoms with van der Waals surface area (Å²) >= 11 is 0. The third kappa shape index (κ3) is 5.98. The molecule has 3 heterocycles. The van der Waals surface area contributed by atoms with Gasteiger partial charge in [-0.3, -0.25) is 9.80 Å². The SMILES string of the molecule is COc1cc2c(cc1OC)[C@H]1[C@@H]3c4cc(OC)c(OC)cc4CCN3CCOCCOCCOCCN1CC2. The number of rotatable bonds is 4. The Bertz CT molecular complexity index is 1030. The first kappa shape index (κ1) is 28.0. The largest absolute Gasteiger partial charge is 0.493 e. The van der Waals surface area contributed by atoms with Crippen LogP contribution in [0.5, 0.6) is 23.0 Å². The lowest BCUT2D eigenvalue weighted by Crippen LogP contribution is -2.48.